The first-order chi connectivity index (χ1) is 7.44. The summed E-state index contributed by atoms with van der Waals surface area (Å²) in [7, 11) is 0. The zero-order valence-electron chi connectivity index (χ0n) is 8.01. The molecule has 0 aromatic carbocycles. The van der Waals surface area contributed by atoms with Gasteiger partial charge < -0.3 is 4.90 Å². The summed E-state index contributed by atoms with van der Waals surface area (Å²) in [5, 5.41) is 0. The Kier molecular flexibility index (Phi) is 4.79. The molecule has 90 valence electrons. The smallest absolute Gasteiger partial charge is 0.345 e. The largest absolute Gasteiger partial charge is 0.405 e. The summed E-state index contributed by atoms with van der Waals surface area (Å²) in [6.45, 7) is -1.02. The molecule has 0 unspecified atom stereocenters. The number of alkyl halides is 4. The average molecular weight is 319 g/mol. The van der Waals surface area contributed by atoms with Crippen molar-refractivity contribution < 1.29 is 13.2 Å². The van der Waals surface area contributed by atoms with Crippen LogP contribution in [-0.2, 0) is 0 Å². The molecule has 0 saturated heterocycles. The van der Waals surface area contributed by atoms with Crippen LogP contribution in [0, 0.1) is 0 Å². The summed E-state index contributed by atoms with van der Waals surface area (Å²) in [5.41, 5.74) is 0. The van der Waals surface area contributed by atoms with Crippen LogP contribution in [0.3, 0.4) is 0 Å². The van der Waals surface area contributed by atoms with Crippen LogP contribution in [0.4, 0.5) is 19.0 Å². The van der Waals surface area contributed by atoms with Gasteiger partial charge in [-0.25, -0.2) is 9.97 Å². The van der Waals surface area contributed by atoms with Crippen LogP contribution in [0.5, 0.6) is 0 Å². The van der Waals surface area contributed by atoms with Crippen molar-refractivity contribution >= 4 is 33.3 Å². The number of nitrogens with zero attached hydrogens (tertiary/aromatic N) is 3. The van der Waals surface area contributed by atoms with Gasteiger partial charge in [-0.1, -0.05) is 0 Å². The maximum Gasteiger partial charge on any atom is 0.405 e. The van der Waals surface area contributed by atoms with Gasteiger partial charge in [0.1, 0.15) is 18.7 Å². The molecule has 0 bridgehead atoms. The predicted molar refractivity (Wildman–Crippen MR) is 58.7 cm³/mol. The molecule has 1 aromatic heterocycles. The maximum atomic E-state index is 12.3. The van der Waals surface area contributed by atoms with E-state index in [9.17, 15) is 13.2 Å². The predicted octanol–water partition coefficient (Wildman–Crippen LogP) is 2.85. The molecule has 0 N–H and O–H groups in total. The minimum Gasteiger partial charge on any atom is -0.345 e. The van der Waals surface area contributed by atoms with Crippen molar-refractivity contribution in [1.29, 1.82) is 0 Å². The Hall–Kier alpha value is -0.560. The molecule has 0 aliphatic heterocycles. The van der Waals surface area contributed by atoms with Gasteiger partial charge in [-0.3, -0.25) is 0 Å². The highest BCUT2D eigenvalue weighted by Gasteiger charge is 2.31. The Balaban J connectivity index is 2.89. The third kappa shape index (κ3) is 4.13. The van der Waals surface area contributed by atoms with Gasteiger partial charge in [0, 0.05) is 18.6 Å². The van der Waals surface area contributed by atoms with Crippen molar-refractivity contribution in [1.82, 2.24) is 9.97 Å². The Morgan fingerprint density at radius 1 is 1.44 bits per heavy atom. The van der Waals surface area contributed by atoms with Crippen molar-refractivity contribution in [3.63, 3.8) is 0 Å². The van der Waals surface area contributed by atoms with E-state index in [0.717, 1.165) is 4.90 Å². The number of hydrogen-bond donors (Lipinski definition) is 0. The summed E-state index contributed by atoms with van der Waals surface area (Å²) in [6, 6.07) is 0. The molecule has 0 fully saturated rings. The normalized spacial score (nSPS) is 11.6. The van der Waals surface area contributed by atoms with Gasteiger partial charge >= 0.3 is 6.18 Å². The van der Waals surface area contributed by atoms with Gasteiger partial charge in [0.25, 0.3) is 0 Å². The molecule has 0 radical (unpaired) electrons. The van der Waals surface area contributed by atoms with Crippen LogP contribution in [0.25, 0.3) is 0 Å². The van der Waals surface area contributed by atoms with Crippen molar-refractivity contribution in [2.24, 2.45) is 0 Å². The number of rotatable bonds is 4. The molecule has 0 atom stereocenters. The highest BCUT2D eigenvalue weighted by molar-refractivity contribution is 9.10. The molecule has 1 rings (SSSR count). The zero-order chi connectivity index (χ0) is 12.2. The van der Waals surface area contributed by atoms with Crippen LogP contribution in [0.1, 0.15) is 0 Å². The highest BCUT2D eigenvalue weighted by atomic mass is 79.9. The van der Waals surface area contributed by atoms with Gasteiger partial charge in [-0.2, -0.15) is 13.2 Å². The van der Waals surface area contributed by atoms with Crippen molar-refractivity contribution in [3.05, 3.63) is 17.0 Å². The topological polar surface area (TPSA) is 29.0 Å². The average Bonchev–Trinajstić information content (AvgIpc) is 2.16. The van der Waals surface area contributed by atoms with Crippen molar-refractivity contribution in [3.8, 4) is 0 Å². The van der Waals surface area contributed by atoms with Crippen LogP contribution in [0.2, 0.25) is 0 Å². The second-order valence-corrected chi connectivity index (χ2v) is 4.15. The van der Waals surface area contributed by atoms with Crippen LogP contribution < -0.4 is 4.90 Å². The Bertz CT molecular complexity index is 348. The summed E-state index contributed by atoms with van der Waals surface area (Å²) >= 11 is 8.56. The molecular formula is C8H8BrClF3N3. The molecule has 1 aromatic rings. The van der Waals surface area contributed by atoms with E-state index in [4.69, 9.17) is 11.6 Å². The Labute approximate surface area is 104 Å². The van der Waals surface area contributed by atoms with Gasteiger partial charge in [-0.15, -0.1) is 11.6 Å². The summed E-state index contributed by atoms with van der Waals surface area (Å²) in [5.74, 6) is 0.278. The van der Waals surface area contributed by atoms with E-state index in [1.54, 1.807) is 0 Å². The molecule has 0 spiro atoms. The SMILES string of the molecule is FC(F)(F)CN(CCCl)c1ncncc1Br. The fourth-order valence-electron chi connectivity index (χ4n) is 1.12. The molecule has 3 nitrogen and oxygen atoms in total. The molecule has 8 heteroatoms. The molecule has 0 saturated carbocycles. The molecule has 0 amide bonds. The fourth-order valence-corrected chi connectivity index (χ4v) is 1.79. The van der Waals surface area contributed by atoms with Crippen LogP contribution >= 0.6 is 27.5 Å². The maximum absolute atomic E-state index is 12.3. The second-order valence-electron chi connectivity index (χ2n) is 2.92. The molecule has 16 heavy (non-hydrogen) atoms. The van der Waals surface area contributed by atoms with Crippen LogP contribution in [-0.4, -0.2) is 35.1 Å². The van der Waals surface area contributed by atoms with E-state index < -0.39 is 12.7 Å². The zero-order valence-corrected chi connectivity index (χ0v) is 10.3. The van der Waals surface area contributed by atoms with Crippen molar-refractivity contribution in [2.45, 2.75) is 6.18 Å². The lowest BCUT2D eigenvalue weighted by molar-refractivity contribution is -0.119. The first kappa shape index (κ1) is 13.5. The lowest BCUT2D eigenvalue weighted by Crippen LogP contribution is -2.36. The van der Waals surface area contributed by atoms with Crippen molar-refractivity contribution in [2.75, 3.05) is 23.9 Å². The second kappa shape index (κ2) is 5.67. The third-order valence-electron chi connectivity index (χ3n) is 1.67. The number of halogens is 5. The van der Waals surface area contributed by atoms with E-state index in [-0.39, 0.29) is 18.2 Å². The number of anilines is 1. The monoisotopic (exact) mass is 317 g/mol. The minimum atomic E-state index is -4.30. The van der Waals surface area contributed by atoms with Gasteiger partial charge in [0.2, 0.25) is 0 Å². The van der Waals surface area contributed by atoms with Gasteiger partial charge in [0.05, 0.1) is 4.47 Å². The van der Waals surface area contributed by atoms with Gasteiger partial charge in [0.15, 0.2) is 0 Å². The lowest BCUT2D eigenvalue weighted by Gasteiger charge is -2.24. The van der Waals surface area contributed by atoms with E-state index in [2.05, 4.69) is 25.9 Å². The Morgan fingerprint density at radius 3 is 2.62 bits per heavy atom. The summed E-state index contributed by atoms with van der Waals surface area (Å²) < 4.78 is 37.3. The summed E-state index contributed by atoms with van der Waals surface area (Å²) in [6.07, 6.45) is -1.71. The van der Waals surface area contributed by atoms with E-state index in [1.807, 2.05) is 0 Å². The van der Waals surface area contributed by atoms with Gasteiger partial charge in [-0.05, 0) is 15.9 Å². The number of aromatic nitrogens is 2. The van der Waals surface area contributed by atoms with E-state index >= 15 is 0 Å². The first-order valence-corrected chi connectivity index (χ1v) is 5.60. The fraction of sp³-hybridized carbons (Fsp3) is 0.500. The first-order valence-electron chi connectivity index (χ1n) is 4.27. The van der Waals surface area contributed by atoms with Crippen LogP contribution in [0.15, 0.2) is 17.0 Å². The lowest BCUT2D eigenvalue weighted by atomic mass is 10.4. The molecule has 1 heterocycles. The van der Waals surface area contributed by atoms with E-state index in [1.165, 1.54) is 12.5 Å². The summed E-state index contributed by atoms with van der Waals surface area (Å²) in [4.78, 5) is 8.53. The van der Waals surface area contributed by atoms with E-state index in [0.29, 0.717) is 4.47 Å². The Morgan fingerprint density at radius 2 is 2.12 bits per heavy atom. The molecule has 0 aliphatic rings. The highest BCUT2D eigenvalue weighted by Crippen LogP contribution is 2.25. The number of hydrogen-bond acceptors (Lipinski definition) is 3. The third-order valence-corrected chi connectivity index (χ3v) is 2.40. The molecular weight excluding hydrogens is 310 g/mol. The molecule has 0 aliphatic carbocycles. The minimum absolute atomic E-state index is 0.0661. The quantitative estimate of drug-likeness (QED) is 0.799. The standard InChI is InChI=1S/C8H8BrClF3N3/c9-6-3-14-5-15-7(6)16(2-1-10)4-8(11,12)13/h3,5H,1-2,4H2.